The van der Waals surface area contributed by atoms with Crippen LogP contribution in [0.15, 0.2) is 0 Å². The predicted molar refractivity (Wildman–Crippen MR) is 65.0 cm³/mol. The van der Waals surface area contributed by atoms with Crippen molar-refractivity contribution in [2.45, 2.75) is 58.4 Å². The van der Waals surface area contributed by atoms with Crippen LogP contribution in [0.1, 0.15) is 52.9 Å². The van der Waals surface area contributed by atoms with E-state index in [0.29, 0.717) is 11.8 Å². The Morgan fingerprint density at radius 1 is 1.38 bits per heavy atom. The lowest BCUT2D eigenvalue weighted by Crippen LogP contribution is -2.46. The third-order valence-electron chi connectivity index (χ3n) is 3.93. The lowest BCUT2D eigenvalue weighted by Gasteiger charge is -2.41. The molecule has 1 rings (SSSR count). The van der Waals surface area contributed by atoms with Gasteiger partial charge in [0, 0.05) is 5.54 Å². The minimum Gasteiger partial charge on any atom is -0.469 e. The molecule has 0 aliphatic heterocycles. The summed E-state index contributed by atoms with van der Waals surface area (Å²) in [6.45, 7) is 6.84. The second-order valence-electron chi connectivity index (χ2n) is 6.26. The third-order valence-corrected chi connectivity index (χ3v) is 3.93. The number of nitrogens with two attached hydrogens (primary N) is 1. The van der Waals surface area contributed by atoms with E-state index in [1.54, 1.807) is 0 Å². The Hall–Kier alpha value is -0.570. The largest absolute Gasteiger partial charge is 0.469 e. The molecule has 0 amide bonds. The van der Waals surface area contributed by atoms with Gasteiger partial charge in [-0.05, 0) is 37.0 Å². The van der Waals surface area contributed by atoms with Gasteiger partial charge >= 0.3 is 5.97 Å². The van der Waals surface area contributed by atoms with Crippen molar-refractivity contribution < 1.29 is 9.53 Å². The second kappa shape index (κ2) is 4.74. The number of rotatable bonds is 2. The van der Waals surface area contributed by atoms with E-state index in [9.17, 15) is 4.79 Å². The molecule has 16 heavy (non-hydrogen) atoms. The Labute approximate surface area is 98.7 Å². The number of esters is 1. The molecule has 0 spiro atoms. The van der Waals surface area contributed by atoms with Crippen LogP contribution in [0.25, 0.3) is 0 Å². The van der Waals surface area contributed by atoms with Gasteiger partial charge in [0.25, 0.3) is 0 Å². The van der Waals surface area contributed by atoms with Crippen LogP contribution in [0.4, 0.5) is 0 Å². The smallest absolute Gasteiger partial charge is 0.307 e. The molecule has 1 fully saturated rings. The fourth-order valence-electron chi connectivity index (χ4n) is 2.60. The van der Waals surface area contributed by atoms with E-state index in [0.717, 1.165) is 31.6 Å². The van der Waals surface area contributed by atoms with E-state index >= 15 is 0 Å². The van der Waals surface area contributed by atoms with Crippen LogP contribution in [0, 0.1) is 11.3 Å². The Bertz CT molecular complexity index is 247. The molecule has 1 aliphatic carbocycles. The van der Waals surface area contributed by atoms with Crippen LogP contribution in [0.2, 0.25) is 0 Å². The quantitative estimate of drug-likeness (QED) is 0.737. The van der Waals surface area contributed by atoms with Crippen LogP contribution < -0.4 is 5.73 Å². The van der Waals surface area contributed by atoms with E-state index in [1.165, 1.54) is 7.11 Å². The highest BCUT2D eigenvalue weighted by molar-refractivity contribution is 5.70. The van der Waals surface area contributed by atoms with Gasteiger partial charge in [0.15, 0.2) is 0 Å². The van der Waals surface area contributed by atoms with E-state index in [1.807, 2.05) is 0 Å². The van der Waals surface area contributed by atoms with Gasteiger partial charge in [0.1, 0.15) is 0 Å². The Balaban J connectivity index is 2.50. The van der Waals surface area contributed by atoms with Crippen LogP contribution in [0.5, 0.6) is 0 Å². The lowest BCUT2D eigenvalue weighted by atomic mass is 9.67. The summed E-state index contributed by atoms with van der Waals surface area (Å²) in [6.07, 6.45) is 4.47. The number of carbonyl (C=O) groups excluding carboxylic acids is 1. The van der Waals surface area contributed by atoms with Gasteiger partial charge in [-0.25, -0.2) is 0 Å². The van der Waals surface area contributed by atoms with E-state index in [2.05, 4.69) is 20.8 Å². The number of ether oxygens (including phenoxy) is 1. The summed E-state index contributed by atoms with van der Waals surface area (Å²) in [5, 5.41) is 0. The summed E-state index contributed by atoms with van der Waals surface area (Å²) in [5.41, 5.74) is 6.27. The number of methoxy groups -OCH3 is 1. The van der Waals surface area contributed by atoms with Crippen molar-refractivity contribution in [1.82, 2.24) is 0 Å². The average molecular weight is 227 g/mol. The molecule has 94 valence electrons. The molecule has 1 saturated carbocycles. The Morgan fingerprint density at radius 2 is 1.88 bits per heavy atom. The van der Waals surface area contributed by atoms with Gasteiger partial charge in [-0.15, -0.1) is 0 Å². The SMILES string of the molecule is COC(=O)CC1(N)CCC(C(C)(C)C)CC1. The van der Waals surface area contributed by atoms with Crippen molar-refractivity contribution in [3.05, 3.63) is 0 Å². The van der Waals surface area contributed by atoms with Gasteiger partial charge in [0.2, 0.25) is 0 Å². The molecular weight excluding hydrogens is 202 g/mol. The molecule has 0 aromatic carbocycles. The lowest BCUT2D eigenvalue weighted by molar-refractivity contribution is -0.142. The number of hydrogen-bond donors (Lipinski definition) is 1. The number of carbonyl (C=O) groups is 1. The first-order valence-corrected chi connectivity index (χ1v) is 6.12. The average Bonchev–Trinajstić information content (AvgIpc) is 2.16. The minimum absolute atomic E-state index is 0.184. The molecule has 0 aromatic rings. The van der Waals surface area contributed by atoms with Crippen molar-refractivity contribution in [2.24, 2.45) is 17.1 Å². The van der Waals surface area contributed by atoms with Crippen molar-refractivity contribution in [3.8, 4) is 0 Å². The van der Waals surface area contributed by atoms with E-state index in [4.69, 9.17) is 10.5 Å². The van der Waals surface area contributed by atoms with Crippen LogP contribution in [-0.2, 0) is 9.53 Å². The molecule has 0 aromatic heterocycles. The van der Waals surface area contributed by atoms with Gasteiger partial charge in [-0.3, -0.25) is 4.79 Å². The Morgan fingerprint density at radius 3 is 2.25 bits per heavy atom. The molecule has 1 aliphatic rings. The Kier molecular flexibility index (Phi) is 4.00. The maximum atomic E-state index is 11.3. The molecule has 0 radical (unpaired) electrons. The zero-order valence-corrected chi connectivity index (χ0v) is 11.0. The van der Waals surface area contributed by atoms with Crippen LogP contribution >= 0.6 is 0 Å². The topological polar surface area (TPSA) is 52.3 Å². The summed E-state index contributed by atoms with van der Waals surface area (Å²) in [4.78, 5) is 11.3. The van der Waals surface area contributed by atoms with Crippen LogP contribution in [0.3, 0.4) is 0 Å². The summed E-state index contributed by atoms with van der Waals surface area (Å²) in [7, 11) is 1.42. The fourth-order valence-corrected chi connectivity index (χ4v) is 2.60. The van der Waals surface area contributed by atoms with Gasteiger partial charge in [-0.1, -0.05) is 20.8 Å². The van der Waals surface area contributed by atoms with Gasteiger partial charge < -0.3 is 10.5 Å². The van der Waals surface area contributed by atoms with Gasteiger partial charge in [0.05, 0.1) is 13.5 Å². The summed E-state index contributed by atoms with van der Waals surface area (Å²) < 4.78 is 4.69. The molecule has 0 saturated heterocycles. The number of hydrogen-bond acceptors (Lipinski definition) is 3. The molecule has 0 atom stereocenters. The maximum absolute atomic E-state index is 11.3. The first kappa shape index (κ1) is 13.5. The highest BCUT2D eigenvalue weighted by Crippen LogP contribution is 2.41. The van der Waals surface area contributed by atoms with Crippen molar-refractivity contribution in [2.75, 3.05) is 7.11 Å². The summed E-state index contributed by atoms with van der Waals surface area (Å²) >= 11 is 0. The summed E-state index contributed by atoms with van der Waals surface area (Å²) in [5.74, 6) is 0.540. The zero-order chi connectivity index (χ0) is 12.4. The van der Waals surface area contributed by atoms with Crippen molar-refractivity contribution in [1.29, 1.82) is 0 Å². The monoisotopic (exact) mass is 227 g/mol. The third kappa shape index (κ3) is 3.48. The molecule has 0 heterocycles. The fraction of sp³-hybridized carbons (Fsp3) is 0.923. The molecule has 0 unspecified atom stereocenters. The first-order chi connectivity index (χ1) is 7.27. The minimum atomic E-state index is -0.325. The maximum Gasteiger partial charge on any atom is 0.307 e. The van der Waals surface area contributed by atoms with E-state index in [-0.39, 0.29) is 11.5 Å². The first-order valence-electron chi connectivity index (χ1n) is 6.12. The summed E-state index contributed by atoms with van der Waals surface area (Å²) in [6, 6.07) is 0. The van der Waals surface area contributed by atoms with Crippen LogP contribution in [-0.4, -0.2) is 18.6 Å². The normalized spacial score (nSPS) is 31.2. The second-order valence-corrected chi connectivity index (χ2v) is 6.26. The molecule has 3 nitrogen and oxygen atoms in total. The highest BCUT2D eigenvalue weighted by Gasteiger charge is 2.37. The predicted octanol–water partition coefficient (Wildman–Crippen LogP) is 2.48. The van der Waals surface area contributed by atoms with E-state index < -0.39 is 0 Å². The van der Waals surface area contributed by atoms with Gasteiger partial charge in [-0.2, -0.15) is 0 Å². The van der Waals surface area contributed by atoms with Crippen molar-refractivity contribution in [3.63, 3.8) is 0 Å². The van der Waals surface area contributed by atoms with Crippen molar-refractivity contribution >= 4 is 5.97 Å². The highest BCUT2D eigenvalue weighted by atomic mass is 16.5. The zero-order valence-electron chi connectivity index (χ0n) is 11.0. The molecule has 0 bridgehead atoms. The standard InChI is InChI=1S/C13H25NO2/c1-12(2,3)10-5-7-13(14,8-6-10)9-11(15)16-4/h10H,5-9,14H2,1-4H3. The molecule has 2 N–H and O–H groups in total. The molecule has 3 heteroatoms. The molecular formula is C13H25NO2.